The Bertz CT molecular complexity index is 645. The summed E-state index contributed by atoms with van der Waals surface area (Å²) in [6, 6.07) is 12.0. The SMILES string of the molecule is Cc1ccc(C#N)cc1NCc1ccc(O)cc1O. The van der Waals surface area contributed by atoms with Crippen LogP contribution in [0.4, 0.5) is 5.69 Å². The number of phenolic OH excluding ortho intramolecular Hbond substituents is 2. The first-order valence-corrected chi connectivity index (χ1v) is 5.85. The third kappa shape index (κ3) is 2.96. The maximum absolute atomic E-state index is 9.69. The van der Waals surface area contributed by atoms with E-state index in [1.807, 2.05) is 13.0 Å². The highest BCUT2D eigenvalue weighted by atomic mass is 16.3. The van der Waals surface area contributed by atoms with Crippen LogP contribution in [0.1, 0.15) is 16.7 Å². The highest BCUT2D eigenvalue weighted by molar-refractivity contribution is 5.56. The Labute approximate surface area is 111 Å². The Morgan fingerprint density at radius 3 is 2.63 bits per heavy atom. The minimum absolute atomic E-state index is 0.0314. The van der Waals surface area contributed by atoms with E-state index in [0.717, 1.165) is 11.3 Å². The smallest absolute Gasteiger partial charge is 0.124 e. The molecule has 2 aromatic rings. The van der Waals surface area contributed by atoms with Crippen molar-refractivity contribution in [2.45, 2.75) is 13.5 Å². The lowest BCUT2D eigenvalue weighted by Gasteiger charge is -2.11. The van der Waals surface area contributed by atoms with Crippen molar-refractivity contribution in [1.29, 1.82) is 5.26 Å². The number of phenols is 2. The average Bonchev–Trinajstić information content (AvgIpc) is 2.39. The summed E-state index contributed by atoms with van der Waals surface area (Å²) < 4.78 is 0. The molecule has 0 saturated heterocycles. The normalized spacial score (nSPS) is 9.89. The van der Waals surface area contributed by atoms with Crippen LogP contribution in [0, 0.1) is 18.3 Å². The van der Waals surface area contributed by atoms with E-state index < -0.39 is 0 Å². The van der Waals surface area contributed by atoms with Gasteiger partial charge in [-0.2, -0.15) is 5.26 Å². The van der Waals surface area contributed by atoms with Crippen molar-refractivity contribution in [3.05, 3.63) is 53.1 Å². The van der Waals surface area contributed by atoms with Gasteiger partial charge in [-0.3, -0.25) is 0 Å². The van der Waals surface area contributed by atoms with Gasteiger partial charge in [0.05, 0.1) is 11.6 Å². The zero-order valence-electron chi connectivity index (χ0n) is 10.5. The van der Waals surface area contributed by atoms with E-state index in [2.05, 4.69) is 11.4 Å². The van der Waals surface area contributed by atoms with Gasteiger partial charge in [-0.1, -0.05) is 6.07 Å². The number of hydrogen-bond acceptors (Lipinski definition) is 4. The molecule has 0 aliphatic carbocycles. The van der Waals surface area contributed by atoms with Gasteiger partial charge < -0.3 is 15.5 Å². The summed E-state index contributed by atoms with van der Waals surface area (Å²) in [6.45, 7) is 2.36. The second kappa shape index (κ2) is 5.32. The summed E-state index contributed by atoms with van der Waals surface area (Å²) in [5, 5.41) is 30.9. The molecule has 3 N–H and O–H groups in total. The largest absolute Gasteiger partial charge is 0.508 e. The number of nitrogens with one attached hydrogen (secondary N) is 1. The molecule has 0 amide bonds. The van der Waals surface area contributed by atoms with Crippen LogP contribution in [0.15, 0.2) is 36.4 Å². The maximum atomic E-state index is 9.69. The Morgan fingerprint density at radius 2 is 1.95 bits per heavy atom. The fourth-order valence-corrected chi connectivity index (χ4v) is 1.77. The Hall–Kier alpha value is -2.67. The molecule has 0 bridgehead atoms. The third-order valence-corrected chi connectivity index (χ3v) is 2.90. The quantitative estimate of drug-likeness (QED) is 0.787. The summed E-state index contributed by atoms with van der Waals surface area (Å²) in [5.74, 6) is 0.0745. The topological polar surface area (TPSA) is 76.3 Å². The molecule has 0 aromatic heterocycles. The zero-order chi connectivity index (χ0) is 13.8. The second-order valence-corrected chi connectivity index (χ2v) is 4.31. The van der Waals surface area contributed by atoms with Crippen molar-refractivity contribution in [1.82, 2.24) is 0 Å². The van der Waals surface area contributed by atoms with Crippen molar-refractivity contribution in [2.24, 2.45) is 0 Å². The van der Waals surface area contributed by atoms with Crippen molar-refractivity contribution >= 4 is 5.69 Å². The molecule has 0 saturated carbocycles. The van der Waals surface area contributed by atoms with Crippen molar-refractivity contribution < 1.29 is 10.2 Å². The number of hydrogen-bond donors (Lipinski definition) is 3. The number of aryl methyl sites for hydroxylation is 1. The van der Waals surface area contributed by atoms with Crippen molar-refractivity contribution in [2.75, 3.05) is 5.32 Å². The van der Waals surface area contributed by atoms with E-state index in [-0.39, 0.29) is 11.5 Å². The lowest BCUT2D eigenvalue weighted by Crippen LogP contribution is -2.01. The van der Waals surface area contributed by atoms with Gasteiger partial charge in [-0.15, -0.1) is 0 Å². The molecule has 96 valence electrons. The number of rotatable bonds is 3. The van der Waals surface area contributed by atoms with E-state index in [1.165, 1.54) is 12.1 Å². The molecular formula is C15H14N2O2. The molecule has 2 rings (SSSR count). The van der Waals surface area contributed by atoms with E-state index in [1.54, 1.807) is 18.2 Å². The molecule has 19 heavy (non-hydrogen) atoms. The van der Waals surface area contributed by atoms with Crippen LogP contribution in [-0.2, 0) is 6.54 Å². The number of aromatic hydroxyl groups is 2. The van der Waals surface area contributed by atoms with E-state index >= 15 is 0 Å². The van der Waals surface area contributed by atoms with Crippen LogP contribution in [-0.4, -0.2) is 10.2 Å². The molecule has 2 aromatic carbocycles. The zero-order valence-corrected chi connectivity index (χ0v) is 10.5. The van der Waals surface area contributed by atoms with Crippen LogP contribution in [0.3, 0.4) is 0 Å². The molecule has 0 radical (unpaired) electrons. The minimum Gasteiger partial charge on any atom is -0.508 e. The van der Waals surface area contributed by atoms with Crippen LogP contribution in [0.2, 0.25) is 0 Å². The standard InChI is InChI=1S/C15H14N2O2/c1-10-2-3-11(8-16)6-14(10)17-9-12-4-5-13(18)7-15(12)19/h2-7,17-19H,9H2,1H3. The summed E-state index contributed by atoms with van der Waals surface area (Å²) in [7, 11) is 0. The molecule has 0 aliphatic rings. The van der Waals surface area contributed by atoms with Gasteiger partial charge in [-0.05, 0) is 36.8 Å². The first-order valence-electron chi connectivity index (χ1n) is 5.85. The van der Waals surface area contributed by atoms with Crippen molar-refractivity contribution in [3.63, 3.8) is 0 Å². The molecule has 0 heterocycles. The van der Waals surface area contributed by atoms with E-state index in [9.17, 15) is 10.2 Å². The van der Waals surface area contributed by atoms with Gasteiger partial charge >= 0.3 is 0 Å². The van der Waals surface area contributed by atoms with Gasteiger partial charge in [0, 0.05) is 23.9 Å². The molecule has 0 atom stereocenters. The van der Waals surface area contributed by atoms with Crippen LogP contribution < -0.4 is 5.32 Å². The van der Waals surface area contributed by atoms with Crippen LogP contribution in [0.25, 0.3) is 0 Å². The Kier molecular flexibility index (Phi) is 3.58. The molecule has 0 unspecified atom stereocenters. The maximum Gasteiger partial charge on any atom is 0.124 e. The highest BCUT2D eigenvalue weighted by Gasteiger charge is 2.04. The van der Waals surface area contributed by atoms with Crippen LogP contribution >= 0.6 is 0 Å². The highest BCUT2D eigenvalue weighted by Crippen LogP contribution is 2.24. The van der Waals surface area contributed by atoms with Crippen molar-refractivity contribution in [3.8, 4) is 17.6 Å². The predicted molar refractivity (Wildman–Crippen MR) is 73.0 cm³/mol. The van der Waals surface area contributed by atoms with Crippen LogP contribution in [0.5, 0.6) is 11.5 Å². The molecule has 4 heteroatoms. The lowest BCUT2D eigenvalue weighted by atomic mass is 10.1. The molecule has 0 aliphatic heterocycles. The number of benzene rings is 2. The first kappa shape index (κ1) is 12.8. The molecule has 0 fully saturated rings. The third-order valence-electron chi connectivity index (χ3n) is 2.90. The summed E-state index contributed by atoms with van der Waals surface area (Å²) in [4.78, 5) is 0. The van der Waals surface area contributed by atoms with E-state index in [4.69, 9.17) is 5.26 Å². The lowest BCUT2D eigenvalue weighted by molar-refractivity contribution is 0.446. The number of nitrogens with zero attached hydrogens (tertiary/aromatic N) is 1. The predicted octanol–water partition coefficient (Wildman–Crippen LogP) is 2.89. The van der Waals surface area contributed by atoms with E-state index in [0.29, 0.717) is 17.7 Å². The fourth-order valence-electron chi connectivity index (χ4n) is 1.77. The summed E-state index contributed by atoms with van der Waals surface area (Å²) in [6.07, 6.45) is 0. The van der Waals surface area contributed by atoms with Gasteiger partial charge in [-0.25, -0.2) is 0 Å². The van der Waals surface area contributed by atoms with Gasteiger partial charge in [0.15, 0.2) is 0 Å². The second-order valence-electron chi connectivity index (χ2n) is 4.31. The Balaban J connectivity index is 2.16. The average molecular weight is 254 g/mol. The first-order chi connectivity index (χ1) is 9.10. The number of nitriles is 1. The molecular weight excluding hydrogens is 240 g/mol. The Morgan fingerprint density at radius 1 is 1.16 bits per heavy atom. The summed E-state index contributed by atoms with van der Waals surface area (Å²) in [5.41, 5.74) is 3.14. The van der Waals surface area contributed by atoms with Gasteiger partial charge in [0.25, 0.3) is 0 Å². The monoisotopic (exact) mass is 254 g/mol. The molecule has 4 nitrogen and oxygen atoms in total. The van der Waals surface area contributed by atoms with Gasteiger partial charge in [0.2, 0.25) is 0 Å². The van der Waals surface area contributed by atoms with Gasteiger partial charge in [0.1, 0.15) is 11.5 Å². The fraction of sp³-hybridized carbons (Fsp3) is 0.133. The number of anilines is 1. The minimum atomic E-state index is 0.0314. The summed E-state index contributed by atoms with van der Waals surface area (Å²) >= 11 is 0. The molecule has 0 spiro atoms.